The molecule has 0 aliphatic carbocycles. The molecule has 0 saturated carbocycles. The van der Waals surface area contributed by atoms with Gasteiger partial charge in [-0.25, -0.2) is 18.7 Å². The van der Waals surface area contributed by atoms with E-state index in [4.69, 9.17) is 9.94 Å². The predicted molar refractivity (Wildman–Crippen MR) is 121 cm³/mol. The number of amides is 3. The molecule has 11 heteroatoms. The number of anilines is 1. The van der Waals surface area contributed by atoms with Crippen LogP contribution in [0.3, 0.4) is 0 Å². The molecule has 0 bridgehead atoms. The zero-order chi connectivity index (χ0) is 24.8. The lowest BCUT2D eigenvalue weighted by Gasteiger charge is -2.29. The monoisotopic (exact) mass is 477 g/mol. The van der Waals surface area contributed by atoms with E-state index in [2.05, 4.69) is 5.32 Å². The van der Waals surface area contributed by atoms with Gasteiger partial charge in [0, 0.05) is 18.3 Å². The molecule has 1 atom stereocenters. The molecule has 0 aromatic heterocycles. The van der Waals surface area contributed by atoms with E-state index in [0.29, 0.717) is 11.3 Å². The van der Waals surface area contributed by atoms with Gasteiger partial charge in [0.15, 0.2) is 9.84 Å². The van der Waals surface area contributed by atoms with E-state index >= 15 is 0 Å². The molecule has 0 heterocycles. The second-order valence-electron chi connectivity index (χ2n) is 8.21. The number of benzene rings is 2. The highest BCUT2D eigenvalue weighted by Crippen LogP contribution is 2.19. The van der Waals surface area contributed by atoms with E-state index in [-0.39, 0.29) is 10.8 Å². The van der Waals surface area contributed by atoms with Gasteiger partial charge >= 0.3 is 6.09 Å². The molecule has 3 N–H and O–H groups in total. The van der Waals surface area contributed by atoms with Gasteiger partial charge in [-0.1, -0.05) is 18.2 Å². The van der Waals surface area contributed by atoms with Crippen molar-refractivity contribution in [1.82, 2.24) is 10.4 Å². The van der Waals surface area contributed by atoms with Gasteiger partial charge in [0.2, 0.25) is 0 Å². The van der Waals surface area contributed by atoms with E-state index in [1.807, 2.05) is 0 Å². The Balaban J connectivity index is 2.18. The number of ether oxygens (including phenoxy) is 1. The molecule has 0 aliphatic rings. The summed E-state index contributed by atoms with van der Waals surface area (Å²) < 4.78 is 31.0. The second kappa shape index (κ2) is 10.5. The fraction of sp³-hybridized carbons (Fsp3) is 0.318. The first-order valence-electron chi connectivity index (χ1n) is 9.93. The van der Waals surface area contributed by atoms with Gasteiger partial charge in [-0.3, -0.25) is 19.7 Å². The van der Waals surface area contributed by atoms with Gasteiger partial charge in [0.1, 0.15) is 11.6 Å². The smallest absolute Gasteiger partial charge is 0.410 e. The third-order valence-electron chi connectivity index (χ3n) is 4.45. The van der Waals surface area contributed by atoms with E-state index in [0.717, 1.165) is 4.90 Å². The van der Waals surface area contributed by atoms with Crippen LogP contribution in [0.4, 0.5) is 10.5 Å². The van der Waals surface area contributed by atoms with Crippen LogP contribution < -0.4 is 10.8 Å². The average molecular weight is 478 g/mol. The number of nitrogens with zero attached hydrogens (tertiary/aromatic N) is 1. The van der Waals surface area contributed by atoms with Crippen LogP contribution in [0.15, 0.2) is 59.5 Å². The molecule has 0 fully saturated rings. The Hall–Kier alpha value is -3.44. The predicted octanol–water partition coefficient (Wildman–Crippen LogP) is 2.45. The number of nitrogens with one attached hydrogen (secondary N) is 2. The summed E-state index contributed by atoms with van der Waals surface area (Å²) in [6.45, 7) is 4.86. The summed E-state index contributed by atoms with van der Waals surface area (Å²) in [6, 6.07) is 12.3. The van der Waals surface area contributed by atoms with Crippen molar-refractivity contribution in [3.8, 4) is 0 Å². The Morgan fingerprint density at radius 3 is 2.12 bits per heavy atom. The van der Waals surface area contributed by atoms with Gasteiger partial charge < -0.3 is 10.1 Å². The van der Waals surface area contributed by atoms with Crippen LogP contribution in [-0.2, 0) is 19.4 Å². The Kier molecular flexibility index (Phi) is 8.18. The third-order valence-corrected chi connectivity index (χ3v) is 6.19. The molecule has 3 amide bonds. The molecule has 2 aromatic carbocycles. The van der Waals surface area contributed by atoms with Crippen molar-refractivity contribution in [2.24, 2.45) is 0 Å². The minimum Gasteiger partial charge on any atom is -0.444 e. The van der Waals surface area contributed by atoms with E-state index in [1.165, 1.54) is 36.8 Å². The summed E-state index contributed by atoms with van der Waals surface area (Å²) in [5.41, 5.74) is 1.33. The minimum absolute atomic E-state index is 0.131. The van der Waals surface area contributed by atoms with Crippen LogP contribution >= 0.6 is 0 Å². The lowest BCUT2D eigenvalue weighted by Crippen LogP contribution is -2.51. The molecule has 0 radical (unpaired) electrons. The first kappa shape index (κ1) is 25.8. The van der Waals surface area contributed by atoms with E-state index in [9.17, 15) is 22.8 Å². The molecule has 0 saturated heterocycles. The van der Waals surface area contributed by atoms with Crippen LogP contribution in [0.2, 0.25) is 0 Å². The van der Waals surface area contributed by atoms with E-state index < -0.39 is 39.2 Å². The van der Waals surface area contributed by atoms with Crippen LogP contribution in [-0.4, -0.2) is 60.9 Å². The summed E-state index contributed by atoms with van der Waals surface area (Å²) in [5.74, 6) is -2.24. The molecular formula is C22H27N3O7S. The molecule has 2 rings (SSSR count). The first-order valence-corrected chi connectivity index (χ1v) is 11.6. The zero-order valence-corrected chi connectivity index (χ0v) is 19.5. The van der Waals surface area contributed by atoms with Crippen LogP contribution in [0.1, 0.15) is 31.1 Å². The van der Waals surface area contributed by atoms with Crippen molar-refractivity contribution in [3.05, 3.63) is 60.2 Å². The maximum absolute atomic E-state index is 12.9. The Labute approximate surface area is 192 Å². The summed E-state index contributed by atoms with van der Waals surface area (Å²) in [4.78, 5) is 37.4. The number of hydroxylamine groups is 1. The molecule has 178 valence electrons. The normalized spacial score (nSPS) is 12.4. The molecular weight excluding hydrogens is 450 g/mol. The summed E-state index contributed by atoms with van der Waals surface area (Å²) in [5, 5.41) is 11.7. The maximum Gasteiger partial charge on any atom is 0.410 e. The Morgan fingerprint density at radius 2 is 1.61 bits per heavy atom. The lowest BCUT2D eigenvalue weighted by molar-refractivity contribution is -0.133. The molecule has 2 aromatic rings. The molecule has 1 unspecified atom stereocenters. The second-order valence-corrected chi connectivity index (χ2v) is 10.2. The van der Waals surface area contributed by atoms with E-state index in [1.54, 1.807) is 51.1 Å². The fourth-order valence-electron chi connectivity index (χ4n) is 2.74. The highest BCUT2D eigenvalue weighted by Gasteiger charge is 2.34. The van der Waals surface area contributed by atoms with Crippen molar-refractivity contribution in [3.63, 3.8) is 0 Å². The topological polar surface area (TPSA) is 142 Å². The molecule has 0 spiro atoms. The molecule has 10 nitrogen and oxygen atoms in total. The first-order chi connectivity index (χ1) is 15.3. The third kappa shape index (κ3) is 7.29. The van der Waals surface area contributed by atoms with Gasteiger partial charge in [0.05, 0.1) is 10.6 Å². The van der Waals surface area contributed by atoms with Crippen molar-refractivity contribution >= 4 is 33.4 Å². The number of rotatable bonds is 7. The van der Waals surface area contributed by atoms with Crippen molar-refractivity contribution < 1.29 is 32.7 Å². The standard InChI is InChI=1S/C22H27N3O7S/c1-22(2,3)32-21(28)25(4)18(20(27)24-29)14-33(30,31)17-12-10-16(11-13-17)23-19(26)15-8-6-5-7-9-15/h5-13,18,29H,14H2,1-4H3,(H,23,26)(H,24,27). The minimum atomic E-state index is -4.07. The lowest BCUT2D eigenvalue weighted by atomic mass is 10.2. The number of hydrogen-bond donors (Lipinski definition) is 3. The number of likely N-dealkylation sites (N-methyl/N-ethyl adjacent to an activating group) is 1. The highest BCUT2D eigenvalue weighted by atomic mass is 32.2. The summed E-state index contributed by atoms with van der Waals surface area (Å²) in [7, 11) is -2.87. The van der Waals surface area contributed by atoms with Crippen molar-refractivity contribution in [2.75, 3.05) is 18.1 Å². The number of hydrogen-bond acceptors (Lipinski definition) is 7. The van der Waals surface area contributed by atoms with Crippen LogP contribution in [0.5, 0.6) is 0 Å². The fourth-order valence-corrected chi connectivity index (χ4v) is 4.28. The zero-order valence-electron chi connectivity index (χ0n) is 18.7. The van der Waals surface area contributed by atoms with Crippen LogP contribution in [0.25, 0.3) is 0 Å². The maximum atomic E-state index is 12.9. The molecule has 0 aliphatic heterocycles. The molecule has 33 heavy (non-hydrogen) atoms. The van der Waals surface area contributed by atoms with Gasteiger partial charge in [-0.05, 0) is 57.2 Å². The summed E-state index contributed by atoms with van der Waals surface area (Å²) in [6.07, 6.45) is -0.926. The van der Waals surface area contributed by atoms with Gasteiger partial charge in [-0.2, -0.15) is 0 Å². The van der Waals surface area contributed by atoms with Gasteiger partial charge in [0.25, 0.3) is 11.8 Å². The number of carbonyl (C=O) groups is 3. The SMILES string of the molecule is CN(C(=O)OC(C)(C)C)C(CS(=O)(=O)c1ccc(NC(=O)c2ccccc2)cc1)C(=O)NO. The Morgan fingerprint density at radius 1 is 1.03 bits per heavy atom. The average Bonchev–Trinajstić information content (AvgIpc) is 2.76. The number of sulfone groups is 1. The summed E-state index contributed by atoms with van der Waals surface area (Å²) >= 11 is 0. The quantitative estimate of drug-likeness (QED) is 0.411. The largest absolute Gasteiger partial charge is 0.444 e. The Bertz CT molecular complexity index is 1100. The highest BCUT2D eigenvalue weighted by molar-refractivity contribution is 7.91. The van der Waals surface area contributed by atoms with Crippen LogP contribution in [0, 0.1) is 0 Å². The number of carbonyl (C=O) groups excluding carboxylic acids is 3. The van der Waals surface area contributed by atoms with Crippen molar-refractivity contribution in [1.29, 1.82) is 0 Å². The van der Waals surface area contributed by atoms with Gasteiger partial charge in [-0.15, -0.1) is 0 Å². The van der Waals surface area contributed by atoms with Crippen molar-refractivity contribution in [2.45, 2.75) is 37.3 Å².